The van der Waals surface area contributed by atoms with E-state index in [1.807, 2.05) is 0 Å². The van der Waals surface area contributed by atoms with Crippen LogP contribution in [0.3, 0.4) is 0 Å². The van der Waals surface area contributed by atoms with Crippen LogP contribution in [0.5, 0.6) is 0 Å². The van der Waals surface area contributed by atoms with Crippen molar-refractivity contribution in [2.24, 2.45) is 0 Å². The van der Waals surface area contributed by atoms with Gasteiger partial charge in [-0.1, -0.05) is 84.0 Å². The first-order valence-corrected chi connectivity index (χ1v) is 10.0. The van der Waals surface area contributed by atoms with E-state index in [-0.39, 0.29) is 12.7 Å². The number of carbonyl (C=O) groups is 2. The van der Waals surface area contributed by atoms with E-state index in [0.29, 0.717) is 6.42 Å². The number of aliphatic hydroxyl groups is 3. The first kappa shape index (κ1) is 24.2. The number of Topliss-reactive ketones (excluding diaryl/α,β-unsaturated/α-hetero) is 1. The molecule has 0 aliphatic heterocycles. The van der Waals surface area contributed by atoms with Gasteiger partial charge in [0.1, 0.15) is 6.10 Å². The van der Waals surface area contributed by atoms with Crippen LogP contribution in [-0.2, 0) is 9.59 Å². The topological polar surface area (TPSA) is 94.8 Å². The summed E-state index contributed by atoms with van der Waals surface area (Å²) >= 11 is 0. The summed E-state index contributed by atoms with van der Waals surface area (Å²) in [7, 11) is 0. The van der Waals surface area contributed by atoms with Crippen LogP contribution in [0, 0.1) is 0 Å². The molecule has 0 spiro atoms. The van der Waals surface area contributed by atoms with Gasteiger partial charge in [0.05, 0.1) is 6.61 Å². The average Bonchev–Trinajstić information content (AvgIpc) is 2.63. The lowest BCUT2D eigenvalue weighted by Gasteiger charge is -2.23. The van der Waals surface area contributed by atoms with Crippen molar-refractivity contribution in [3.05, 3.63) is 0 Å². The second-order valence-corrected chi connectivity index (χ2v) is 7.13. The van der Waals surface area contributed by atoms with E-state index in [4.69, 9.17) is 5.11 Å². The van der Waals surface area contributed by atoms with Gasteiger partial charge < -0.3 is 15.3 Å². The number of hydrogen-bond donors (Lipinski definition) is 3. The molecule has 0 aromatic rings. The standard InChI is InChI=1S/C20H38O5/c1-2-3-4-5-6-7-8-9-10-11-12-13-14-15-18(23)19(24)20(25,16-21)17-22/h16,19,22,24-25H,2-15,17H2,1H3. The Morgan fingerprint density at radius 1 is 0.880 bits per heavy atom. The molecule has 0 aliphatic carbocycles. The molecule has 0 fully saturated rings. The van der Waals surface area contributed by atoms with Gasteiger partial charge in [-0.15, -0.1) is 0 Å². The maximum absolute atomic E-state index is 11.7. The molecule has 0 saturated carbocycles. The quantitative estimate of drug-likeness (QED) is 0.258. The summed E-state index contributed by atoms with van der Waals surface area (Å²) in [4.78, 5) is 22.4. The molecule has 0 radical (unpaired) electrons. The monoisotopic (exact) mass is 358 g/mol. The summed E-state index contributed by atoms with van der Waals surface area (Å²) in [6.07, 6.45) is 13.9. The summed E-state index contributed by atoms with van der Waals surface area (Å²) in [5.41, 5.74) is -2.37. The number of rotatable bonds is 18. The molecule has 2 atom stereocenters. The third kappa shape index (κ3) is 11.4. The molecule has 0 aromatic heterocycles. The Labute approximate surface area is 152 Å². The molecule has 0 saturated heterocycles. The molecule has 0 amide bonds. The van der Waals surface area contributed by atoms with Gasteiger partial charge >= 0.3 is 0 Å². The maximum Gasteiger partial charge on any atom is 0.175 e. The minimum atomic E-state index is -2.37. The SMILES string of the molecule is CCCCCCCCCCCCCCCC(=O)C(O)C(O)(C=O)CO. The molecule has 5 heteroatoms. The zero-order valence-electron chi connectivity index (χ0n) is 15.9. The van der Waals surface area contributed by atoms with E-state index in [0.717, 1.165) is 19.3 Å². The van der Waals surface area contributed by atoms with Crippen molar-refractivity contribution >= 4 is 12.1 Å². The van der Waals surface area contributed by atoms with Crippen molar-refractivity contribution in [2.45, 2.75) is 109 Å². The maximum atomic E-state index is 11.7. The predicted octanol–water partition coefficient (Wildman–Crippen LogP) is 3.32. The number of aliphatic hydroxyl groups excluding tert-OH is 2. The Morgan fingerprint density at radius 2 is 1.28 bits per heavy atom. The molecular weight excluding hydrogens is 320 g/mol. The summed E-state index contributed by atoms with van der Waals surface area (Å²) < 4.78 is 0. The predicted molar refractivity (Wildman–Crippen MR) is 99.4 cm³/mol. The summed E-state index contributed by atoms with van der Waals surface area (Å²) in [5.74, 6) is -0.591. The lowest BCUT2D eigenvalue weighted by Crippen LogP contribution is -2.51. The number of hydrogen-bond acceptors (Lipinski definition) is 5. The van der Waals surface area contributed by atoms with Crippen LogP contribution < -0.4 is 0 Å². The molecule has 3 N–H and O–H groups in total. The van der Waals surface area contributed by atoms with Gasteiger partial charge in [0.25, 0.3) is 0 Å². The van der Waals surface area contributed by atoms with Gasteiger partial charge in [0.2, 0.25) is 0 Å². The van der Waals surface area contributed by atoms with E-state index >= 15 is 0 Å². The molecule has 0 heterocycles. The Bertz CT molecular complexity index is 345. The highest BCUT2D eigenvalue weighted by molar-refractivity contribution is 5.88. The fourth-order valence-corrected chi connectivity index (χ4v) is 2.92. The number of ketones is 1. The number of unbranched alkanes of at least 4 members (excludes halogenated alkanes) is 12. The fraction of sp³-hybridized carbons (Fsp3) is 0.900. The van der Waals surface area contributed by atoms with E-state index in [1.165, 1.54) is 57.8 Å². The van der Waals surface area contributed by atoms with Crippen LogP contribution in [0.2, 0.25) is 0 Å². The molecule has 5 nitrogen and oxygen atoms in total. The lowest BCUT2D eigenvalue weighted by atomic mass is 9.93. The zero-order valence-corrected chi connectivity index (χ0v) is 15.9. The molecule has 148 valence electrons. The van der Waals surface area contributed by atoms with E-state index in [9.17, 15) is 19.8 Å². The molecular formula is C20H38O5. The molecule has 0 aliphatic rings. The first-order valence-electron chi connectivity index (χ1n) is 10.0. The highest BCUT2D eigenvalue weighted by Crippen LogP contribution is 2.15. The Kier molecular flexibility index (Phi) is 15.0. The Balaban J connectivity index is 3.49. The van der Waals surface area contributed by atoms with Crippen LogP contribution in [0.1, 0.15) is 96.8 Å². The molecule has 2 unspecified atom stereocenters. The average molecular weight is 359 g/mol. The first-order chi connectivity index (χ1) is 12.0. The third-order valence-electron chi connectivity index (χ3n) is 4.76. The smallest absolute Gasteiger partial charge is 0.175 e. The van der Waals surface area contributed by atoms with E-state index in [1.54, 1.807) is 0 Å². The van der Waals surface area contributed by atoms with Gasteiger partial charge in [0.15, 0.2) is 17.7 Å². The largest absolute Gasteiger partial charge is 0.393 e. The minimum absolute atomic E-state index is 0.0272. The molecule has 0 rings (SSSR count). The van der Waals surface area contributed by atoms with Gasteiger partial charge in [0, 0.05) is 6.42 Å². The van der Waals surface area contributed by atoms with Gasteiger partial charge in [-0.2, -0.15) is 0 Å². The van der Waals surface area contributed by atoms with Crippen LogP contribution in [0.4, 0.5) is 0 Å². The van der Waals surface area contributed by atoms with Gasteiger partial charge in [-0.3, -0.25) is 9.59 Å². The molecule has 25 heavy (non-hydrogen) atoms. The number of aldehydes is 1. The fourth-order valence-electron chi connectivity index (χ4n) is 2.92. The van der Waals surface area contributed by atoms with E-state index in [2.05, 4.69) is 6.92 Å². The second-order valence-electron chi connectivity index (χ2n) is 7.13. The Hall–Kier alpha value is -0.780. The number of carbonyl (C=O) groups excluding carboxylic acids is 2. The van der Waals surface area contributed by atoms with Crippen LogP contribution >= 0.6 is 0 Å². The van der Waals surface area contributed by atoms with Crippen LogP contribution in [0.15, 0.2) is 0 Å². The van der Waals surface area contributed by atoms with Crippen molar-refractivity contribution in [2.75, 3.05) is 6.61 Å². The molecule has 0 bridgehead atoms. The highest BCUT2D eigenvalue weighted by atomic mass is 16.4. The highest BCUT2D eigenvalue weighted by Gasteiger charge is 2.39. The summed E-state index contributed by atoms with van der Waals surface area (Å²) in [5, 5.41) is 28.1. The van der Waals surface area contributed by atoms with Crippen LogP contribution in [0.25, 0.3) is 0 Å². The van der Waals surface area contributed by atoms with Crippen molar-refractivity contribution in [3.8, 4) is 0 Å². The Morgan fingerprint density at radius 3 is 1.64 bits per heavy atom. The van der Waals surface area contributed by atoms with Crippen molar-refractivity contribution in [3.63, 3.8) is 0 Å². The third-order valence-corrected chi connectivity index (χ3v) is 4.76. The van der Waals surface area contributed by atoms with Crippen molar-refractivity contribution < 1.29 is 24.9 Å². The molecule has 0 aromatic carbocycles. The summed E-state index contributed by atoms with van der Waals surface area (Å²) in [6.45, 7) is 1.28. The van der Waals surface area contributed by atoms with E-state index < -0.39 is 24.1 Å². The van der Waals surface area contributed by atoms with Crippen LogP contribution in [-0.4, -0.2) is 45.7 Å². The zero-order chi connectivity index (χ0) is 19.0. The minimum Gasteiger partial charge on any atom is -0.393 e. The lowest BCUT2D eigenvalue weighted by molar-refractivity contribution is -0.156. The second kappa shape index (κ2) is 15.5. The normalized spacial score (nSPS) is 14.9. The van der Waals surface area contributed by atoms with Crippen molar-refractivity contribution in [1.29, 1.82) is 0 Å². The van der Waals surface area contributed by atoms with Gasteiger partial charge in [-0.05, 0) is 6.42 Å². The summed E-state index contributed by atoms with van der Waals surface area (Å²) in [6, 6.07) is 0. The van der Waals surface area contributed by atoms with Crippen molar-refractivity contribution in [1.82, 2.24) is 0 Å². The van der Waals surface area contributed by atoms with Gasteiger partial charge in [-0.25, -0.2) is 0 Å².